The van der Waals surface area contributed by atoms with Gasteiger partial charge in [0.15, 0.2) is 0 Å². The molecule has 0 atom stereocenters. The molecule has 0 heterocycles. The van der Waals surface area contributed by atoms with Crippen LogP contribution in [0, 0.1) is 0 Å². The Morgan fingerprint density at radius 2 is 1.35 bits per heavy atom. The van der Waals surface area contributed by atoms with Crippen LogP contribution in [0.3, 0.4) is 0 Å². The summed E-state index contributed by atoms with van der Waals surface area (Å²) >= 11 is 0. The van der Waals surface area contributed by atoms with Gasteiger partial charge in [0.1, 0.15) is 11.5 Å². The molecule has 1 N–H and O–H groups in total. The van der Waals surface area contributed by atoms with Gasteiger partial charge in [-0.2, -0.15) is 0 Å². The Labute approximate surface area is 109 Å². The van der Waals surface area contributed by atoms with Gasteiger partial charge in [0.05, 0.1) is 6.61 Å². The second-order valence-electron chi connectivity index (χ2n) is 3.42. The van der Waals surface area contributed by atoms with Gasteiger partial charge in [-0.25, -0.2) is 0 Å². The van der Waals surface area contributed by atoms with Crippen molar-refractivity contribution in [3.8, 4) is 11.5 Å². The van der Waals surface area contributed by atoms with Crippen molar-refractivity contribution in [3.63, 3.8) is 0 Å². The molecular formula is C11H8F6O3. The average molecular weight is 302 g/mol. The predicted octanol–water partition coefficient (Wildman–Crippen LogP) is 3.49. The van der Waals surface area contributed by atoms with Crippen LogP contribution in [0.25, 0.3) is 6.08 Å². The molecule has 0 radical (unpaired) electrons. The molecule has 0 unspecified atom stereocenters. The van der Waals surface area contributed by atoms with E-state index in [9.17, 15) is 26.3 Å². The van der Waals surface area contributed by atoms with Gasteiger partial charge in [0, 0.05) is 6.07 Å². The molecule has 0 aliphatic rings. The zero-order chi connectivity index (χ0) is 15.4. The molecule has 0 aliphatic carbocycles. The monoisotopic (exact) mass is 302 g/mol. The summed E-state index contributed by atoms with van der Waals surface area (Å²) in [5.74, 6) is -1.73. The van der Waals surface area contributed by atoms with E-state index < -0.39 is 30.8 Å². The lowest BCUT2D eigenvalue weighted by Crippen LogP contribution is -2.19. The van der Waals surface area contributed by atoms with Crippen LogP contribution in [0.15, 0.2) is 24.3 Å². The molecule has 1 aromatic carbocycles. The van der Waals surface area contributed by atoms with Crippen molar-refractivity contribution >= 4 is 6.08 Å². The van der Waals surface area contributed by atoms with E-state index in [-0.39, 0.29) is 5.56 Å². The Morgan fingerprint density at radius 1 is 0.900 bits per heavy atom. The van der Waals surface area contributed by atoms with Crippen molar-refractivity contribution in [2.24, 2.45) is 0 Å². The minimum absolute atomic E-state index is 0.0555. The number of halogens is 6. The number of benzene rings is 1. The highest BCUT2D eigenvalue weighted by molar-refractivity contribution is 5.55. The SMILES string of the molecule is OCC=Cc1cc(OC(F)(F)F)cc(OC(F)(F)F)c1. The lowest BCUT2D eigenvalue weighted by molar-refractivity contribution is -0.276. The van der Waals surface area contributed by atoms with Crippen molar-refractivity contribution in [1.29, 1.82) is 0 Å². The minimum atomic E-state index is -5.05. The molecule has 0 saturated heterocycles. The van der Waals surface area contributed by atoms with E-state index in [2.05, 4.69) is 9.47 Å². The largest absolute Gasteiger partial charge is 0.573 e. The molecule has 9 heteroatoms. The van der Waals surface area contributed by atoms with Gasteiger partial charge in [0.2, 0.25) is 0 Å². The zero-order valence-electron chi connectivity index (χ0n) is 9.63. The van der Waals surface area contributed by atoms with Gasteiger partial charge in [-0.05, 0) is 17.7 Å². The third-order valence-corrected chi connectivity index (χ3v) is 1.79. The maximum atomic E-state index is 12.1. The van der Waals surface area contributed by atoms with E-state index in [0.717, 1.165) is 24.3 Å². The van der Waals surface area contributed by atoms with Gasteiger partial charge in [-0.1, -0.05) is 12.2 Å². The highest BCUT2D eigenvalue weighted by atomic mass is 19.4. The summed E-state index contributed by atoms with van der Waals surface area (Å²) in [5, 5.41) is 8.53. The first kappa shape index (κ1) is 16.2. The second kappa shape index (κ2) is 6.04. The van der Waals surface area contributed by atoms with E-state index in [0.29, 0.717) is 6.07 Å². The van der Waals surface area contributed by atoms with Gasteiger partial charge in [0.25, 0.3) is 0 Å². The molecule has 112 valence electrons. The first-order valence-electron chi connectivity index (χ1n) is 5.03. The van der Waals surface area contributed by atoms with E-state index >= 15 is 0 Å². The molecule has 0 spiro atoms. The Morgan fingerprint density at radius 3 is 1.70 bits per heavy atom. The number of alkyl halides is 6. The molecule has 3 nitrogen and oxygen atoms in total. The summed E-state index contributed by atoms with van der Waals surface area (Å²) in [6.45, 7) is -0.431. The van der Waals surface area contributed by atoms with Crippen LogP contribution < -0.4 is 9.47 Å². The number of hydrogen-bond acceptors (Lipinski definition) is 3. The standard InChI is InChI=1S/C11H8F6O3/c12-10(13,14)19-8-4-7(2-1-3-18)5-9(6-8)20-11(15,16)17/h1-2,4-6,18H,3H2. The molecule has 0 saturated carbocycles. The lowest BCUT2D eigenvalue weighted by Gasteiger charge is -2.13. The molecule has 1 aromatic rings. The number of ether oxygens (including phenoxy) is 2. The first-order chi connectivity index (χ1) is 9.09. The Bertz CT molecular complexity index is 444. The Hall–Kier alpha value is -1.90. The van der Waals surface area contributed by atoms with Gasteiger partial charge < -0.3 is 14.6 Å². The highest BCUT2D eigenvalue weighted by Gasteiger charge is 2.33. The summed E-state index contributed by atoms with van der Waals surface area (Å²) in [7, 11) is 0. The van der Waals surface area contributed by atoms with Crippen LogP contribution in [0.5, 0.6) is 11.5 Å². The third-order valence-electron chi connectivity index (χ3n) is 1.79. The molecule has 0 aromatic heterocycles. The van der Waals surface area contributed by atoms with E-state index in [1.165, 1.54) is 0 Å². The highest BCUT2D eigenvalue weighted by Crippen LogP contribution is 2.31. The van der Waals surface area contributed by atoms with Crippen molar-refractivity contribution < 1.29 is 40.9 Å². The molecule has 0 amide bonds. The molecule has 0 fully saturated rings. The summed E-state index contributed by atoms with van der Waals surface area (Å²) in [6, 6.07) is 2.16. The van der Waals surface area contributed by atoms with Gasteiger partial charge in [-0.3, -0.25) is 0 Å². The average Bonchev–Trinajstić information content (AvgIpc) is 2.21. The number of hydrogen-bond donors (Lipinski definition) is 1. The van der Waals surface area contributed by atoms with E-state index in [1.54, 1.807) is 0 Å². The minimum Gasteiger partial charge on any atom is -0.406 e. The van der Waals surface area contributed by atoms with Crippen molar-refractivity contribution in [2.45, 2.75) is 12.7 Å². The molecule has 0 aliphatic heterocycles. The fourth-order valence-corrected chi connectivity index (χ4v) is 1.26. The number of rotatable bonds is 4. The smallest absolute Gasteiger partial charge is 0.406 e. The second-order valence-corrected chi connectivity index (χ2v) is 3.42. The topological polar surface area (TPSA) is 38.7 Å². The fourth-order valence-electron chi connectivity index (χ4n) is 1.26. The predicted molar refractivity (Wildman–Crippen MR) is 55.9 cm³/mol. The normalized spacial score (nSPS) is 12.8. The van der Waals surface area contributed by atoms with Crippen LogP contribution in [0.1, 0.15) is 5.56 Å². The zero-order valence-corrected chi connectivity index (χ0v) is 9.63. The van der Waals surface area contributed by atoms with Crippen molar-refractivity contribution in [3.05, 3.63) is 29.8 Å². The van der Waals surface area contributed by atoms with Crippen LogP contribution in [0.4, 0.5) is 26.3 Å². The van der Waals surface area contributed by atoms with E-state index in [4.69, 9.17) is 5.11 Å². The molecule has 0 bridgehead atoms. The van der Waals surface area contributed by atoms with Crippen molar-refractivity contribution in [1.82, 2.24) is 0 Å². The summed E-state index contributed by atoms with van der Waals surface area (Å²) < 4.78 is 79.4. The van der Waals surface area contributed by atoms with Crippen molar-refractivity contribution in [2.75, 3.05) is 6.61 Å². The molecular weight excluding hydrogens is 294 g/mol. The molecule has 20 heavy (non-hydrogen) atoms. The van der Waals surface area contributed by atoms with Crippen LogP contribution >= 0.6 is 0 Å². The maximum Gasteiger partial charge on any atom is 0.573 e. The van der Waals surface area contributed by atoms with Gasteiger partial charge >= 0.3 is 12.7 Å². The third kappa shape index (κ3) is 6.32. The summed E-state index contributed by atoms with van der Waals surface area (Å²) in [4.78, 5) is 0. The van der Waals surface area contributed by atoms with Crippen LogP contribution in [-0.2, 0) is 0 Å². The fraction of sp³-hybridized carbons (Fsp3) is 0.273. The first-order valence-corrected chi connectivity index (χ1v) is 5.03. The number of aliphatic hydroxyl groups excluding tert-OH is 1. The Kier molecular flexibility index (Phi) is 4.88. The van der Waals surface area contributed by atoms with Crippen LogP contribution in [0.2, 0.25) is 0 Å². The Balaban J connectivity index is 3.10. The lowest BCUT2D eigenvalue weighted by atomic mass is 10.2. The summed E-state index contributed by atoms with van der Waals surface area (Å²) in [5.41, 5.74) is -0.0555. The van der Waals surface area contributed by atoms with Crippen LogP contribution in [-0.4, -0.2) is 24.4 Å². The van der Waals surface area contributed by atoms with Gasteiger partial charge in [-0.15, -0.1) is 26.3 Å². The number of aliphatic hydroxyl groups is 1. The summed E-state index contributed by atoms with van der Waals surface area (Å²) in [6.07, 6.45) is -7.85. The molecule has 1 rings (SSSR count). The maximum absolute atomic E-state index is 12.1. The van der Waals surface area contributed by atoms with E-state index in [1.807, 2.05) is 0 Å². The quantitative estimate of drug-likeness (QED) is 0.865.